The van der Waals surface area contributed by atoms with Crippen molar-refractivity contribution in [2.75, 3.05) is 7.11 Å². The molecule has 0 unspecified atom stereocenters. The van der Waals surface area contributed by atoms with Gasteiger partial charge in [-0.05, 0) is 6.08 Å². The van der Waals surface area contributed by atoms with Gasteiger partial charge in [0.1, 0.15) is 18.5 Å². The van der Waals surface area contributed by atoms with Crippen LogP contribution in [0.25, 0.3) is 0 Å². The molecule has 1 rings (SSSR count). The Hall–Kier alpha value is -1.32. The lowest BCUT2D eigenvalue weighted by Crippen LogP contribution is -2.08. The molecule has 0 atom stereocenters. The molecule has 2 N–H and O–H groups in total. The normalized spacial score (nSPS) is 24.5. The van der Waals surface area contributed by atoms with Gasteiger partial charge >= 0.3 is 0 Å². The number of nitrogens with zero attached hydrogens (tertiary/aromatic N) is 2. The second kappa shape index (κ2) is 3.00. The van der Waals surface area contributed by atoms with Crippen LogP contribution in [0.1, 0.15) is 6.42 Å². The predicted octanol–water partition coefficient (Wildman–Crippen LogP) is 0.263. The van der Waals surface area contributed by atoms with E-state index in [1.807, 2.05) is 12.2 Å². The quantitative estimate of drug-likeness (QED) is 0.418. The van der Waals surface area contributed by atoms with E-state index in [0.717, 1.165) is 12.1 Å². The third-order valence-corrected chi connectivity index (χ3v) is 1.22. The number of allylic oxidation sites excluding steroid dienone is 2. The van der Waals surface area contributed by atoms with Gasteiger partial charge in [-0.25, -0.2) is 0 Å². The Labute approximate surface area is 59.0 Å². The molecule has 0 fully saturated rings. The van der Waals surface area contributed by atoms with Gasteiger partial charge in [0.05, 0.1) is 0 Å². The zero-order valence-corrected chi connectivity index (χ0v) is 5.74. The summed E-state index contributed by atoms with van der Waals surface area (Å²) in [5, 5.41) is 7.23. The fourth-order valence-electron chi connectivity index (χ4n) is 0.795. The molecule has 0 amide bonds. The molecule has 0 aliphatic heterocycles. The van der Waals surface area contributed by atoms with E-state index in [9.17, 15) is 0 Å². The maximum Gasteiger partial charge on any atom is 0.111 e. The third kappa shape index (κ3) is 1.15. The van der Waals surface area contributed by atoms with Gasteiger partial charge in [-0.1, -0.05) is 11.2 Å². The molecule has 4 heteroatoms. The molecular formula is C6H9N3O. The molecule has 0 aromatic carbocycles. The minimum Gasteiger partial charge on any atom is -0.399 e. The van der Waals surface area contributed by atoms with Crippen LogP contribution in [0.15, 0.2) is 22.4 Å². The van der Waals surface area contributed by atoms with Crippen LogP contribution in [-0.2, 0) is 4.84 Å². The summed E-state index contributed by atoms with van der Waals surface area (Å²) in [6.07, 6.45) is 4.51. The minimum absolute atomic E-state index is 0.696. The van der Waals surface area contributed by atoms with Gasteiger partial charge in [-0.15, -0.1) is 0 Å². The maximum atomic E-state index is 5.05. The van der Waals surface area contributed by atoms with Crippen molar-refractivity contribution in [1.29, 1.82) is 0 Å². The van der Waals surface area contributed by atoms with Crippen LogP contribution in [0.5, 0.6) is 0 Å². The van der Waals surface area contributed by atoms with E-state index >= 15 is 0 Å². The molecule has 4 nitrogen and oxygen atoms in total. The Morgan fingerprint density at radius 2 is 2.50 bits per heavy atom. The molecule has 0 spiro atoms. The van der Waals surface area contributed by atoms with Crippen LogP contribution in [-0.4, -0.2) is 18.5 Å². The summed E-state index contributed by atoms with van der Waals surface area (Å²) in [5.74, 6) is 5.05. The van der Waals surface area contributed by atoms with Crippen LogP contribution in [0.3, 0.4) is 0 Å². The van der Waals surface area contributed by atoms with Crippen LogP contribution < -0.4 is 5.84 Å². The molecule has 0 radical (unpaired) electrons. The zero-order chi connectivity index (χ0) is 7.40. The highest BCUT2D eigenvalue weighted by atomic mass is 16.6. The van der Waals surface area contributed by atoms with Crippen molar-refractivity contribution in [2.24, 2.45) is 16.1 Å². The van der Waals surface area contributed by atoms with E-state index in [1.165, 1.54) is 7.11 Å². The van der Waals surface area contributed by atoms with E-state index in [0.29, 0.717) is 5.71 Å². The molecule has 54 valence electrons. The van der Waals surface area contributed by atoms with Crippen LogP contribution in [0, 0.1) is 0 Å². The summed E-state index contributed by atoms with van der Waals surface area (Å²) in [6.45, 7) is 0. The predicted molar refractivity (Wildman–Crippen MR) is 39.8 cm³/mol. The molecule has 10 heavy (non-hydrogen) atoms. The van der Waals surface area contributed by atoms with Gasteiger partial charge in [-0.3, -0.25) is 0 Å². The number of hydrazone groups is 1. The van der Waals surface area contributed by atoms with Crippen molar-refractivity contribution >= 4 is 11.4 Å². The van der Waals surface area contributed by atoms with Crippen molar-refractivity contribution < 1.29 is 4.84 Å². The third-order valence-electron chi connectivity index (χ3n) is 1.22. The van der Waals surface area contributed by atoms with Gasteiger partial charge < -0.3 is 10.7 Å². The summed E-state index contributed by atoms with van der Waals surface area (Å²) in [7, 11) is 1.50. The van der Waals surface area contributed by atoms with Gasteiger partial charge in [0, 0.05) is 6.42 Å². The summed E-state index contributed by atoms with van der Waals surface area (Å²) in [6, 6.07) is 0. The molecule has 0 saturated carbocycles. The first-order valence-corrected chi connectivity index (χ1v) is 2.93. The summed E-state index contributed by atoms with van der Waals surface area (Å²) < 4.78 is 0. The molecular weight excluding hydrogens is 130 g/mol. The number of rotatable bonds is 1. The number of nitrogens with two attached hydrogens (primary N) is 1. The highest BCUT2D eigenvalue weighted by Gasteiger charge is 2.10. The zero-order valence-electron chi connectivity index (χ0n) is 5.74. The summed E-state index contributed by atoms with van der Waals surface area (Å²) in [4.78, 5) is 4.57. The highest BCUT2D eigenvalue weighted by molar-refractivity contribution is 6.48. The van der Waals surface area contributed by atoms with Crippen LogP contribution in [0.2, 0.25) is 0 Å². The van der Waals surface area contributed by atoms with E-state index in [4.69, 9.17) is 5.84 Å². The monoisotopic (exact) mass is 139 g/mol. The molecule has 1 aliphatic rings. The lowest BCUT2D eigenvalue weighted by Gasteiger charge is -1.93. The molecule has 0 saturated heterocycles. The van der Waals surface area contributed by atoms with Gasteiger partial charge in [0.25, 0.3) is 0 Å². The smallest absolute Gasteiger partial charge is 0.111 e. The Bertz CT molecular complexity index is 205. The van der Waals surface area contributed by atoms with E-state index in [1.54, 1.807) is 0 Å². The lowest BCUT2D eigenvalue weighted by molar-refractivity contribution is 0.214. The molecule has 0 aromatic rings. The standard InChI is InChI=1S/C6H9N3O/c1-10-9-6-4-2-3-5(6)8-7/h2-3H,4,7H2,1H3. The highest BCUT2D eigenvalue weighted by Crippen LogP contribution is 2.03. The largest absolute Gasteiger partial charge is 0.399 e. The van der Waals surface area contributed by atoms with E-state index in [2.05, 4.69) is 15.1 Å². The molecule has 0 heterocycles. The van der Waals surface area contributed by atoms with Crippen molar-refractivity contribution in [3.8, 4) is 0 Å². The fraction of sp³-hybridized carbons (Fsp3) is 0.333. The molecule has 0 aromatic heterocycles. The number of hydrogen-bond acceptors (Lipinski definition) is 4. The molecule has 0 bridgehead atoms. The first kappa shape index (κ1) is 6.80. The SMILES string of the molecule is CON=C1CC=CC1=NN. The Kier molecular flexibility index (Phi) is 2.04. The Balaban J connectivity index is 2.75. The minimum atomic E-state index is 0.696. The number of oxime groups is 1. The summed E-state index contributed by atoms with van der Waals surface area (Å²) >= 11 is 0. The van der Waals surface area contributed by atoms with Gasteiger partial charge in [-0.2, -0.15) is 5.10 Å². The van der Waals surface area contributed by atoms with Crippen molar-refractivity contribution in [3.63, 3.8) is 0 Å². The Morgan fingerprint density at radius 1 is 1.70 bits per heavy atom. The van der Waals surface area contributed by atoms with E-state index in [-0.39, 0.29) is 0 Å². The van der Waals surface area contributed by atoms with Gasteiger partial charge in [0.2, 0.25) is 0 Å². The number of hydrogen-bond donors (Lipinski definition) is 1. The Morgan fingerprint density at radius 3 is 3.10 bits per heavy atom. The van der Waals surface area contributed by atoms with Crippen LogP contribution >= 0.6 is 0 Å². The van der Waals surface area contributed by atoms with E-state index < -0.39 is 0 Å². The summed E-state index contributed by atoms with van der Waals surface area (Å²) in [5.41, 5.74) is 1.48. The van der Waals surface area contributed by atoms with Crippen molar-refractivity contribution in [3.05, 3.63) is 12.2 Å². The lowest BCUT2D eigenvalue weighted by atomic mass is 10.3. The fourth-order valence-corrected chi connectivity index (χ4v) is 0.795. The first-order chi connectivity index (χ1) is 4.88. The maximum absolute atomic E-state index is 5.05. The topological polar surface area (TPSA) is 60.0 Å². The second-order valence-electron chi connectivity index (χ2n) is 1.84. The first-order valence-electron chi connectivity index (χ1n) is 2.93. The van der Waals surface area contributed by atoms with Gasteiger partial charge in [0.15, 0.2) is 0 Å². The van der Waals surface area contributed by atoms with Crippen molar-refractivity contribution in [2.45, 2.75) is 6.42 Å². The average Bonchev–Trinajstić information content (AvgIpc) is 2.36. The molecule has 1 aliphatic carbocycles. The van der Waals surface area contributed by atoms with Crippen LogP contribution in [0.4, 0.5) is 0 Å². The average molecular weight is 139 g/mol. The second-order valence-corrected chi connectivity index (χ2v) is 1.84. The van der Waals surface area contributed by atoms with Crippen molar-refractivity contribution in [1.82, 2.24) is 0 Å².